The maximum absolute atomic E-state index is 13.1. The van der Waals surface area contributed by atoms with Crippen LogP contribution < -0.4 is 33.2 Å². The molecule has 0 saturated heterocycles. The maximum Gasteiger partial charge on any atom is 0.326 e. The van der Waals surface area contributed by atoms with Crippen LogP contribution >= 0.6 is 0 Å². The first-order valence-electron chi connectivity index (χ1n) is 11.8. The number of amides is 4. The third-order valence-electron chi connectivity index (χ3n) is 5.46. The Bertz CT molecular complexity index is 876. The molecular weight excluding hydrogens is 472 g/mol. The van der Waals surface area contributed by atoms with Gasteiger partial charge in [0, 0.05) is 24.7 Å². The van der Waals surface area contributed by atoms with E-state index in [1.807, 2.05) is 0 Å². The lowest BCUT2D eigenvalue weighted by Gasteiger charge is -2.27. The molecule has 1 aromatic heterocycles. The van der Waals surface area contributed by atoms with E-state index in [1.165, 1.54) is 12.5 Å². The average Bonchev–Trinajstić information content (AvgIpc) is 3.32. The highest BCUT2D eigenvalue weighted by atomic mass is 16.4. The van der Waals surface area contributed by atoms with Gasteiger partial charge in [-0.3, -0.25) is 19.2 Å². The van der Waals surface area contributed by atoms with Gasteiger partial charge in [-0.25, -0.2) is 9.78 Å². The molecule has 0 fully saturated rings. The second kappa shape index (κ2) is 15.5. The van der Waals surface area contributed by atoms with Crippen LogP contribution in [0.15, 0.2) is 12.5 Å². The van der Waals surface area contributed by atoms with Crippen LogP contribution in [0.25, 0.3) is 0 Å². The van der Waals surface area contributed by atoms with Crippen molar-refractivity contribution in [2.75, 3.05) is 6.54 Å². The highest BCUT2D eigenvalue weighted by Gasteiger charge is 2.31. The van der Waals surface area contributed by atoms with Crippen LogP contribution in [0.1, 0.15) is 51.6 Å². The van der Waals surface area contributed by atoms with Crippen LogP contribution in [-0.4, -0.2) is 75.4 Å². The molecule has 0 saturated carbocycles. The number of unbranched alkanes of at least 4 members (excludes halogenated alkanes) is 1. The molecule has 1 heterocycles. The Morgan fingerprint density at radius 3 is 2.19 bits per heavy atom. The van der Waals surface area contributed by atoms with E-state index in [2.05, 4.69) is 25.9 Å². The molecule has 202 valence electrons. The van der Waals surface area contributed by atoms with Crippen molar-refractivity contribution < 1.29 is 29.1 Å². The van der Waals surface area contributed by atoms with Gasteiger partial charge in [-0.1, -0.05) is 13.8 Å². The van der Waals surface area contributed by atoms with Gasteiger partial charge in [0.2, 0.25) is 23.6 Å². The van der Waals surface area contributed by atoms with Crippen molar-refractivity contribution in [3.8, 4) is 0 Å². The first-order chi connectivity index (χ1) is 17.0. The van der Waals surface area contributed by atoms with Gasteiger partial charge in [0.05, 0.1) is 12.4 Å². The van der Waals surface area contributed by atoms with Crippen LogP contribution in [-0.2, 0) is 30.4 Å². The first kappa shape index (κ1) is 30.5. The minimum absolute atomic E-state index is 0.0185. The van der Waals surface area contributed by atoms with Crippen molar-refractivity contribution in [1.29, 1.82) is 0 Å². The molecule has 36 heavy (non-hydrogen) atoms. The molecule has 4 atom stereocenters. The number of nitrogens with zero attached hydrogens (tertiary/aromatic N) is 1. The Morgan fingerprint density at radius 2 is 1.67 bits per heavy atom. The number of carbonyl (C=O) groups is 5. The minimum atomic E-state index is -1.25. The molecule has 11 N–H and O–H groups in total. The molecular formula is C22H38N8O6. The SMILES string of the molecule is CC(C)C(NC(=O)C(N)CCC(N)=O)C(=O)NC(CCCCN)C(=O)NC(Cc1cnc[nH]1)C(=O)O. The summed E-state index contributed by atoms with van der Waals surface area (Å²) in [7, 11) is 0. The van der Waals surface area contributed by atoms with Crippen LogP contribution in [0.4, 0.5) is 0 Å². The van der Waals surface area contributed by atoms with E-state index in [-0.39, 0.29) is 31.6 Å². The molecule has 4 amide bonds. The molecule has 0 aliphatic carbocycles. The van der Waals surface area contributed by atoms with Gasteiger partial charge in [0.15, 0.2) is 0 Å². The number of carbonyl (C=O) groups excluding carboxylic acids is 4. The monoisotopic (exact) mass is 510 g/mol. The van der Waals surface area contributed by atoms with E-state index >= 15 is 0 Å². The van der Waals surface area contributed by atoms with Gasteiger partial charge >= 0.3 is 5.97 Å². The van der Waals surface area contributed by atoms with E-state index in [1.54, 1.807) is 13.8 Å². The molecule has 0 radical (unpaired) electrons. The topological polar surface area (TPSA) is 248 Å². The van der Waals surface area contributed by atoms with Crippen molar-refractivity contribution >= 4 is 29.6 Å². The molecule has 1 aromatic rings. The van der Waals surface area contributed by atoms with Gasteiger partial charge in [-0.2, -0.15) is 0 Å². The van der Waals surface area contributed by atoms with Crippen LogP contribution in [0, 0.1) is 5.92 Å². The highest BCUT2D eigenvalue weighted by Crippen LogP contribution is 2.08. The normalized spacial score (nSPS) is 14.4. The van der Waals surface area contributed by atoms with Gasteiger partial charge in [-0.15, -0.1) is 0 Å². The lowest BCUT2D eigenvalue weighted by molar-refractivity contribution is -0.142. The van der Waals surface area contributed by atoms with E-state index in [0.29, 0.717) is 25.1 Å². The van der Waals surface area contributed by atoms with Crippen LogP contribution in [0.2, 0.25) is 0 Å². The summed E-state index contributed by atoms with van der Waals surface area (Å²) >= 11 is 0. The van der Waals surface area contributed by atoms with E-state index in [9.17, 15) is 29.1 Å². The summed E-state index contributed by atoms with van der Waals surface area (Å²) < 4.78 is 0. The first-order valence-corrected chi connectivity index (χ1v) is 11.8. The summed E-state index contributed by atoms with van der Waals surface area (Å²) in [5, 5.41) is 17.2. The van der Waals surface area contributed by atoms with Gasteiger partial charge in [0.1, 0.15) is 18.1 Å². The molecule has 0 spiro atoms. The fourth-order valence-corrected chi connectivity index (χ4v) is 3.34. The maximum atomic E-state index is 13.1. The number of aromatic nitrogens is 2. The number of carboxylic acid groups (broad SMARTS) is 1. The number of nitrogens with two attached hydrogens (primary N) is 3. The predicted molar refractivity (Wildman–Crippen MR) is 130 cm³/mol. The second-order valence-corrected chi connectivity index (χ2v) is 8.87. The molecule has 14 heteroatoms. The number of nitrogens with one attached hydrogen (secondary N) is 4. The molecule has 0 aromatic carbocycles. The number of H-pyrrole nitrogens is 1. The number of hydrogen-bond acceptors (Lipinski definition) is 8. The Balaban J connectivity index is 2.93. The summed E-state index contributed by atoms with van der Waals surface area (Å²) in [5.74, 6) is -4.16. The zero-order chi connectivity index (χ0) is 27.3. The van der Waals surface area contributed by atoms with Crippen molar-refractivity contribution in [3.63, 3.8) is 0 Å². The Kier molecular flexibility index (Phi) is 13.1. The third-order valence-corrected chi connectivity index (χ3v) is 5.46. The molecule has 1 rings (SSSR count). The van der Waals surface area contributed by atoms with E-state index < -0.39 is 53.8 Å². The van der Waals surface area contributed by atoms with Crippen molar-refractivity contribution in [2.45, 2.75) is 76.5 Å². The Labute approximate surface area is 209 Å². The number of aromatic amines is 1. The smallest absolute Gasteiger partial charge is 0.326 e. The summed E-state index contributed by atoms with van der Waals surface area (Å²) in [6.07, 6.45) is 4.06. The predicted octanol–water partition coefficient (Wildman–Crippen LogP) is -2.13. The van der Waals surface area contributed by atoms with Gasteiger partial charge in [0.25, 0.3) is 0 Å². The molecule has 0 aliphatic rings. The minimum Gasteiger partial charge on any atom is -0.480 e. The zero-order valence-electron chi connectivity index (χ0n) is 20.7. The lowest BCUT2D eigenvalue weighted by atomic mass is 10.0. The third kappa shape index (κ3) is 10.8. The van der Waals surface area contributed by atoms with Crippen LogP contribution in [0.3, 0.4) is 0 Å². The number of imidazole rings is 1. The van der Waals surface area contributed by atoms with Crippen molar-refractivity contribution in [1.82, 2.24) is 25.9 Å². The molecule has 4 unspecified atom stereocenters. The zero-order valence-corrected chi connectivity index (χ0v) is 20.7. The number of aliphatic carboxylic acids is 1. The van der Waals surface area contributed by atoms with Crippen LogP contribution in [0.5, 0.6) is 0 Å². The summed E-state index contributed by atoms with van der Waals surface area (Å²) in [6.45, 7) is 3.79. The molecule has 0 bridgehead atoms. The second-order valence-electron chi connectivity index (χ2n) is 8.87. The standard InChI is InChI=1S/C22H38N8O6/c1-12(2)18(30-19(32)14(24)6-7-17(25)31)21(34)28-15(5-3-4-8-23)20(33)29-16(22(35)36)9-13-10-26-11-27-13/h10-12,14-16,18H,3-9,23-24H2,1-2H3,(H2,25,31)(H,26,27)(H,28,34)(H,29,33)(H,30,32)(H,35,36). The lowest BCUT2D eigenvalue weighted by Crippen LogP contribution is -2.58. The number of primary amides is 1. The quantitative estimate of drug-likeness (QED) is 0.106. The average molecular weight is 511 g/mol. The summed E-state index contributed by atoms with van der Waals surface area (Å²) in [5.41, 5.74) is 16.9. The van der Waals surface area contributed by atoms with Crippen molar-refractivity contribution in [3.05, 3.63) is 18.2 Å². The largest absolute Gasteiger partial charge is 0.480 e. The summed E-state index contributed by atoms with van der Waals surface area (Å²) in [6, 6.07) is -4.39. The highest BCUT2D eigenvalue weighted by molar-refractivity contribution is 5.94. The number of hydrogen-bond donors (Lipinski definition) is 8. The Hall–Kier alpha value is -3.52. The van der Waals surface area contributed by atoms with E-state index in [0.717, 1.165) is 0 Å². The number of rotatable bonds is 17. The van der Waals surface area contributed by atoms with E-state index in [4.69, 9.17) is 17.2 Å². The summed E-state index contributed by atoms with van der Waals surface area (Å²) in [4.78, 5) is 67.8. The molecule has 14 nitrogen and oxygen atoms in total. The van der Waals surface area contributed by atoms with Gasteiger partial charge < -0.3 is 43.2 Å². The fourth-order valence-electron chi connectivity index (χ4n) is 3.34. The Morgan fingerprint density at radius 1 is 1.00 bits per heavy atom. The van der Waals surface area contributed by atoms with Crippen molar-refractivity contribution in [2.24, 2.45) is 23.1 Å². The number of carboxylic acids is 1. The fraction of sp³-hybridized carbons (Fsp3) is 0.636. The van der Waals surface area contributed by atoms with Gasteiger partial charge in [-0.05, 0) is 38.1 Å². The molecule has 0 aliphatic heterocycles.